The fourth-order valence-corrected chi connectivity index (χ4v) is 2.27. The van der Waals surface area contributed by atoms with Crippen LogP contribution in [-0.4, -0.2) is 36.7 Å². The molecule has 6 nitrogen and oxygen atoms in total. The maximum absolute atomic E-state index is 11.8. The van der Waals surface area contributed by atoms with E-state index in [1.165, 1.54) is 6.92 Å². The number of carbonyl (C=O) groups excluding carboxylic acids is 3. The maximum Gasteiger partial charge on any atom is 0.236 e. The van der Waals surface area contributed by atoms with Crippen LogP contribution in [0.5, 0.6) is 0 Å². The lowest BCUT2D eigenvalue weighted by atomic mass is 9.95. The van der Waals surface area contributed by atoms with Crippen molar-refractivity contribution in [3.63, 3.8) is 0 Å². The molecule has 0 bridgehead atoms. The van der Waals surface area contributed by atoms with Crippen molar-refractivity contribution in [2.45, 2.75) is 65.3 Å². The van der Waals surface area contributed by atoms with Crippen LogP contribution in [-0.2, 0) is 14.4 Å². The highest BCUT2D eigenvalue weighted by Crippen LogP contribution is 2.13. The molecule has 22 heavy (non-hydrogen) atoms. The Bertz CT molecular complexity index is 359. The Morgan fingerprint density at radius 1 is 0.955 bits per heavy atom. The zero-order valence-corrected chi connectivity index (χ0v) is 14.1. The van der Waals surface area contributed by atoms with Gasteiger partial charge in [-0.05, 0) is 39.0 Å². The molecular weight excluding hydrogens is 282 g/mol. The normalized spacial score (nSPS) is 13.3. The quantitative estimate of drug-likeness (QED) is 0.470. The number of Topliss-reactive ketones (excluding diaryl/α,β-unsaturated/α-hetero) is 1. The van der Waals surface area contributed by atoms with Crippen LogP contribution in [0.25, 0.3) is 0 Å². The molecule has 0 saturated carbocycles. The van der Waals surface area contributed by atoms with E-state index in [1.807, 2.05) is 6.92 Å². The Kier molecular flexibility index (Phi) is 11.4. The van der Waals surface area contributed by atoms with Crippen LogP contribution in [0.15, 0.2) is 0 Å². The van der Waals surface area contributed by atoms with E-state index in [9.17, 15) is 14.4 Å². The summed E-state index contributed by atoms with van der Waals surface area (Å²) >= 11 is 0. The smallest absolute Gasteiger partial charge is 0.236 e. The highest BCUT2D eigenvalue weighted by Gasteiger charge is 2.13. The van der Waals surface area contributed by atoms with Gasteiger partial charge in [0, 0.05) is 25.9 Å². The van der Waals surface area contributed by atoms with E-state index in [4.69, 9.17) is 5.73 Å². The zero-order chi connectivity index (χ0) is 17.0. The fraction of sp³-hybridized carbons (Fsp3) is 0.812. The summed E-state index contributed by atoms with van der Waals surface area (Å²) in [5, 5.41) is 5.49. The molecule has 0 rings (SSSR count). The highest BCUT2D eigenvalue weighted by atomic mass is 16.2. The monoisotopic (exact) mass is 313 g/mol. The van der Waals surface area contributed by atoms with Crippen molar-refractivity contribution in [3.8, 4) is 0 Å². The summed E-state index contributed by atoms with van der Waals surface area (Å²) < 4.78 is 0. The molecule has 0 aliphatic rings. The van der Waals surface area contributed by atoms with Gasteiger partial charge in [0.2, 0.25) is 11.8 Å². The predicted molar refractivity (Wildman–Crippen MR) is 87.2 cm³/mol. The Labute approximate surface area is 133 Å². The second-order valence-electron chi connectivity index (χ2n) is 5.73. The van der Waals surface area contributed by atoms with Crippen LogP contribution in [0.1, 0.15) is 59.3 Å². The second kappa shape index (κ2) is 12.1. The summed E-state index contributed by atoms with van der Waals surface area (Å²) in [6, 6.07) is -0.533. The lowest BCUT2D eigenvalue weighted by Gasteiger charge is -2.13. The van der Waals surface area contributed by atoms with Crippen LogP contribution >= 0.6 is 0 Å². The molecule has 0 aromatic heterocycles. The molecule has 4 N–H and O–H groups in total. The van der Waals surface area contributed by atoms with Crippen molar-refractivity contribution in [1.29, 1.82) is 0 Å². The van der Waals surface area contributed by atoms with Crippen molar-refractivity contribution in [3.05, 3.63) is 0 Å². The first-order valence-electron chi connectivity index (χ1n) is 8.16. The van der Waals surface area contributed by atoms with Gasteiger partial charge in [0.1, 0.15) is 5.78 Å². The van der Waals surface area contributed by atoms with Crippen molar-refractivity contribution >= 4 is 17.6 Å². The van der Waals surface area contributed by atoms with Crippen LogP contribution in [0, 0.1) is 5.92 Å². The van der Waals surface area contributed by atoms with Gasteiger partial charge in [-0.25, -0.2) is 0 Å². The number of nitrogens with two attached hydrogens (primary N) is 1. The van der Waals surface area contributed by atoms with E-state index in [2.05, 4.69) is 10.6 Å². The average Bonchev–Trinajstić information content (AvgIpc) is 2.46. The predicted octanol–water partition coefficient (Wildman–Crippen LogP) is 1.13. The van der Waals surface area contributed by atoms with Gasteiger partial charge in [0.15, 0.2) is 0 Å². The number of carbonyl (C=O) groups is 3. The number of nitrogens with one attached hydrogen (secondary N) is 2. The second-order valence-corrected chi connectivity index (χ2v) is 5.73. The standard InChI is InChI=1S/C16H31N3O3/c1-4-14(12(2)20)8-5-6-10-19-16(22)15(17)9-7-11-18-13(3)21/h14-15H,4-11,17H2,1-3H3,(H,18,21)(H,19,22). The van der Waals surface area contributed by atoms with E-state index in [1.54, 1.807) is 6.92 Å². The summed E-state index contributed by atoms with van der Waals surface area (Å²) in [5.41, 5.74) is 5.79. The summed E-state index contributed by atoms with van der Waals surface area (Å²) in [5.74, 6) is 0.162. The molecule has 0 aromatic carbocycles. The summed E-state index contributed by atoms with van der Waals surface area (Å²) in [4.78, 5) is 33.7. The van der Waals surface area contributed by atoms with Gasteiger partial charge in [-0.15, -0.1) is 0 Å². The molecule has 0 aliphatic heterocycles. The fourth-order valence-electron chi connectivity index (χ4n) is 2.27. The number of unbranched alkanes of at least 4 members (excludes halogenated alkanes) is 1. The van der Waals surface area contributed by atoms with Gasteiger partial charge in [-0.1, -0.05) is 13.3 Å². The number of ketones is 1. The van der Waals surface area contributed by atoms with E-state index >= 15 is 0 Å². The molecule has 0 spiro atoms. The van der Waals surface area contributed by atoms with Crippen LogP contribution in [0.4, 0.5) is 0 Å². The van der Waals surface area contributed by atoms with E-state index in [0.717, 1.165) is 25.7 Å². The Morgan fingerprint density at radius 3 is 2.14 bits per heavy atom. The molecule has 0 aliphatic carbocycles. The molecular formula is C16H31N3O3. The largest absolute Gasteiger partial charge is 0.356 e. The maximum atomic E-state index is 11.8. The van der Waals surface area contributed by atoms with Gasteiger partial charge in [-0.3, -0.25) is 14.4 Å². The van der Waals surface area contributed by atoms with Crippen LogP contribution in [0.2, 0.25) is 0 Å². The molecule has 2 amide bonds. The highest BCUT2D eigenvalue weighted by molar-refractivity contribution is 5.81. The Balaban J connectivity index is 3.67. The third-order valence-electron chi connectivity index (χ3n) is 3.75. The molecule has 0 saturated heterocycles. The molecule has 0 aromatic rings. The number of rotatable bonds is 12. The SMILES string of the molecule is CCC(CCCCNC(=O)C(N)CCCNC(C)=O)C(C)=O. The van der Waals surface area contributed by atoms with Crippen molar-refractivity contribution in [2.75, 3.05) is 13.1 Å². The number of hydrogen-bond donors (Lipinski definition) is 3. The first-order chi connectivity index (χ1) is 10.4. The van der Waals surface area contributed by atoms with Crippen molar-refractivity contribution < 1.29 is 14.4 Å². The first kappa shape index (κ1) is 20.6. The third kappa shape index (κ3) is 10.3. The third-order valence-corrected chi connectivity index (χ3v) is 3.75. The van der Waals surface area contributed by atoms with E-state index in [0.29, 0.717) is 25.9 Å². The first-order valence-corrected chi connectivity index (χ1v) is 8.16. The average molecular weight is 313 g/mol. The van der Waals surface area contributed by atoms with Crippen molar-refractivity contribution in [1.82, 2.24) is 10.6 Å². The minimum absolute atomic E-state index is 0.0750. The molecule has 2 atom stereocenters. The number of amides is 2. The minimum Gasteiger partial charge on any atom is -0.356 e. The molecule has 0 fully saturated rings. The summed E-state index contributed by atoms with van der Waals surface area (Å²) in [7, 11) is 0. The van der Waals surface area contributed by atoms with E-state index < -0.39 is 6.04 Å². The lowest BCUT2D eigenvalue weighted by Crippen LogP contribution is -2.41. The minimum atomic E-state index is -0.533. The topological polar surface area (TPSA) is 101 Å². The Morgan fingerprint density at radius 2 is 1.59 bits per heavy atom. The molecule has 6 heteroatoms. The van der Waals surface area contributed by atoms with Gasteiger partial charge in [-0.2, -0.15) is 0 Å². The summed E-state index contributed by atoms with van der Waals surface area (Å²) in [6.07, 6.45) is 4.77. The van der Waals surface area contributed by atoms with Crippen LogP contribution < -0.4 is 16.4 Å². The molecule has 0 radical (unpaired) electrons. The van der Waals surface area contributed by atoms with Gasteiger partial charge in [0.25, 0.3) is 0 Å². The number of hydrogen-bond acceptors (Lipinski definition) is 4. The van der Waals surface area contributed by atoms with Gasteiger partial charge < -0.3 is 16.4 Å². The van der Waals surface area contributed by atoms with Crippen molar-refractivity contribution in [2.24, 2.45) is 11.7 Å². The van der Waals surface area contributed by atoms with Crippen LogP contribution in [0.3, 0.4) is 0 Å². The molecule has 0 heterocycles. The molecule has 128 valence electrons. The zero-order valence-electron chi connectivity index (χ0n) is 14.1. The summed E-state index contributed by atoms with van der Waals surface area (Å²) in [6.45, 7) is 6.25. The molecule has 2 unspecified atom stereocenters. The van der Waals surface area contributed by atoms with Gasteiger partial charge in [0.05, 0.1) is 6.04 Å². The van der Waals surface area contributed by atoms with E-state index in [-0.39, 0.29) is 23.5 Å². The Hall–Kier alpha value is -1.43. The van der Waals surface area contributed by atoms with Gasteiger partial charge >= 0.3 is 0 Å². The lowest BCUT2D eigenvalue weighted by molar-refractivity contribution is -0.123.